The number of hydrogen-bond donors (Lipinski definition) is 1. The zero-order chi connectivity index (χ0) is 18.5. The first-order valence-electron chi connectivity index (χ1n) is 8.64. The molecule has 1 aromatic heterocycles. The molecule has 9 heteroatoms. The van der Waals surface area contributed by atoms with Gasteiger partial charge in [-0.05, 0) is 42.4 Å². The van der Waals surface area contributed by atoms with Crippen molar-refractivity contribution >= 4 is 5.91 Å². The zero-order valence-electron chi connectivity index (χ0n) is 14.7. The standard InChI is InChI=1S/C17H23FN6O2/c1-26-11-10-24-17(20-21-22-24)15(13-4-2-3-5-14(13)18)23-8-6-12(7-9-23)16(19)25/h2-5,12,15H,6-11H2,1H3,(H2,19,25)/t15-/m0/s1. The van der Waals surface area contributed by atoms with Gasteiger partial charge in [-0.3, -0.25) is 9.69 Å². The second-order valence-corrected chi connectivity index (χ2v) is 6.39. The molecule has 2 N–H and O–H groups in total. The molecule has 1 aromatic carbocycles. The second-order valence-electron chi connectivity index (χ2n) is 6.39. The van der Waals surface area contributed by atoms with E-state index in [4.69, 9.17) is 10.5 Å². The Hall–Kier alpha value is -2.39. The summed E-state index contributed by atoms with van der Waals surface area (Å²) in [6, 6.07) is 6.20. The number of ether oxygens (including phenoxy) is 1. The molecule has 26 heavy (non-hydrogen) atoms. The van der Waals surface area contributed by atoms with Crippen LogP contribution in [0.15, 0.2) is 24.3 Å². The van der Waals surface area contributed by atoms with Gasteiger partial charge in [-0.15, -0.1) is 5.10 Å². The van der Waals surface area contributed by atoms with Crippen molar-refractivity contribution in [1.29, 1.82) is 0 Å². The van der Waals surface area contributed by atoms with E-state index in [2.05, 4.69) is 20.4 Å². The number of carbonyl (C=O) groups is 1. The molecule has 8 nitrogen and oxygen atoms in total. The third-order valence-electron chi connectivity index (χ3n) is 4.81. The minimum absolute atomic E-state index is 0.142. The number of nitrogens with zero attached hydrogens (tertiary/aromatic N) is 5. The normalized spacial score (nSPS) is 17.3. The van der Waals surface area contributed by atoms with Crippen LogP contribution in [0.4, 0.5) is 4.39 Å². The number of benzene rings is 1. The lowest BCUT2D eigenvalue weighted by molar-refractivity contribution is -0.123. The highest BCUT2D eigenvalue weighted by molar-refractivity contribution is 5.76. The van der Waals surface area contributed by atoms with E-state index in [0.29, 0.717) is 50.5 Å². The van der Waals surface area contributed by atoms with Crippen molar-refractivity contribution in [2.24, 2.45) is 11.7 Å². The van der Waals surface area contributed by atoms with Crippen LogP contribution in [0.1, 0.15) is 30.3 Å². The van der Waals surface area contributed by atoms with E-state index in [-0.39, 0.29) is 17.6 Å². The number of aromatic nitrogens is 4. The molecule has 0 aliphatic carbocycles. The Labute approximate surface area is 151 Å². The van der Waals surface area contributed by atoms with E-state index in [0.717, 1.165) is 0 Å². The van der Waals surface area contributed by atoms with Crippen molar-refractivity contribution < 1.29 is 13.9 Å². The van der Waals surface area contributed by atoms with E-state index in [9.17, 15) is 9.18 Å². The maximum absolute atomic E-state index is 14.6. The van der Waals surface area contributed by atoms with Crippen molar-refractivity contribution in [3.63, 3.8) is 0 Å². The number of hydrogen-bond acceptors (Lipinski definition) is 6. The summed E-state index contributed by atoms with van der Waals surface area (Å²) in [6.45, 7) is 2.15. The number of tetrazole rings is 1. The molecule has 0 saturated carbocycles. The summed E-state index contributed by atoms with van der Waals surface area (Å²) < 4.78 is 21.3. The van der Waals surface area contributed by atoms with Crippen molar-refractivity contribution in [2.75, 3.05) is 26.8 Å². The molecular weight excluding hydrogens is 339 g/mol. The van der Waals surface area contributed by atoms with Gasteiger partial charge in [0, 0.05) is 18.6 Å². The first-order chi connectivity index (χ1) is 12.6. The van der Waals surface area contributed by atoms with Crippen LogP contribution in [0, 0.1) is 11.7 Å². The van der Waals surface area contributed by atoms with Gasteiger partial charge >= 0.3 is 0 Å². The van der Waals surface area contributed by atoms with Crippen molar-refractivity contribution in [2.45, 2.75) is 25.4 Å². The smallest absolute Gasteiger partial charge is 0.220 e. The minimum atomic E-state index is -0.433. The number of carbonyl (C=O) groups excluding carboxylic acids is 1. The lowest BCUT2D eigenvalue weighted by atomic mass is 9.93. The lowest BCUT2D eigenvalue weighted by Crippen LogP contribution is -2.42. The van der Waals surface area contributed by atoms with Gasteiger partial charge in [0.15, 0.2) is 5.82 Å². The number of piperidine rings is 1. The summed E-state index contributed by atoms with van der Waals surface area (Å²) in [5.41, 5.74) is 5.94. The highest BCUT2D eigenvalue weighted by Crippen LogP contribution is 2.32. The molecule has 1 saturated heterocycles. The Kier molecular flexibility index (Phi) is 5.89. The van der Waals surface area contributed by atoms with E-state index in [1.165, 1.54) is 6.07 Å². The van der Waals surface area contributed by atoms with Gasteiger partial charge in [0.25, 0.3) is 0 Å². The Morgan fingerprint density at radius 1 is 1.38 bits per heavy atom. The topological polar surface area (TPSA) is 99.2 Å². The average Bonchev–Trinajstić information content (AvgIpc) is 3.10. The minimum Gasteiger partial charge on any atom is -0.383 e. The van der Waals surface area contributed by atoms with Gasteiger partial charge in [0.1, 0.15) is 11.9 Å². The van der Waals surface area contributed by atoms with Crippen LogP contribution in [0.5, 0.6) is 0 Å². The molecule has 3 rings (SSSR count). The lowest BCUT2D eigenvalue weighted by Gasteiger charge is -2.36. The fraction of sp³-hybridized carbons (Fsp3) is 0.529. The van der Waals surface area contributed by atoms with Crippen LogP contribution in [0.3, 0.4) is 0 Å². The van der Waals surface area contributed by atoms with Crippen molar-refractivity contribution in [3.05, 3.63) is 41.5 Å². The van der Waals surface area contributed by atoms with E-state index < -0.39 is 6.04 Å². The first-order valence-corrected chi connectivity index (χ1v) is 8.64. The molecule has 0 unspecified atom stereocenters. The van der Waals surface area contributed by atoms with Gasteiger partial charge in [0.05, 0.1) is 13.2 Å². The second kappa shape index (κ2) is 8.33. The number of primary amides is 1. The molecule has 0 radical (unpaired) electrons. The highest BCUT2D eigenvalue weighted by atomic mass is 19.1. The number of likely N-dealkylation sites (tertiary alicyclic amines) is 1. The maximum atomic E-state index is 14.6. The average molecular weight is 362 g/mol. The molecular formula is C17H23FN6O2. The molecule has 0 bridgehead atoms. The summed E-state index contributed by atoms with van der Waals surface area (Å²) in [5, 5.41) is 12.0. The van der Waals surface area contributed by atoms with Crippen LogP contribution in [0.2, 0.25) is 0 Å². The van der Waals surface area contributed by atoms with Crippen LogP contribution < -0.4 is 5.73 Å². The van der Waals surface area contributed by atoms with Crippen LogP contribution in [-0.2, 0) is 16.1 Å². The summed E-state index contributed by atoms with van der Waals surface area (Å²) in [7, 11) is 1.60. The SMILES string of the molecule is COCCn1nnnc1[C@H](c1ccccc1F)N1CCC(C(N)=O)CC1. The number of amides is 1. The largest absolute Gasteiger partial charge is 0.383 e. The molecule has 1 fully saturated rings. The van der Waals surface area contributed by atoms with Gasteiger partial charge in [0.2, 0.25) is 5.91 Å². The Morgan fingerprint density at radius 3 is 2.77 bits per heavy atom. The molecule has 2 heterocycles. The third-order valence-corrected chi connectivity index (χ3v) is 4.81. The van der Waals surface area contributed by atoms with E-state index >= 15 is 0 Å². The Balaban J connectivity index is 1.92. The van der Waals surface area contributed by atoms with Gasteiger partial charge in [-0.25, -0.2) is 9.07 Å². The quantitative estimate of drug-likeness (QED) is 0.780. The Morgan fingerprint density at radius 2 is 2.12 bits per heavy atom. The monoisotopic (exact) mass is 362 g/mol. The summed E-state index contributed by atoms with van der Waals surface area (Å²) in [4.78, 5) is 13.6. The first kappa shape index (κ1) is 18.4. The van der Waals surface area contributed by atoms with Gasteiger partial charge in [-0.1, -0.05) is 18.2 Å². The maximum Gasteiger partial charge on any atom is 0.220 e. The fourth-order valence-electron chi connectivity index (χ4n) is 3.38. The van der Waals surface area contributed by atoms with Crippen LogP contribution in [-0.4, -0.2) is 57.8 Å². The number of nitrogens with two attached hydrogens (primary N) is 1. The molecule has 1 aliphatic rings. The molecule has 2 aromatic rings. The molecule has 1 amide bonds. The van der Waals surface area contributed by atoms with Crippen LogP contribution in [0.25, 0.3) is 0 Å². The predicted octanol–water partition coefficient (Wildman–Crippen LogP) is 0.745. The van der Waals surface area contributed by atoms with E-state index in [1.807, 2.05) is 0 Å². The van der Waals surface area contributed by atoms with Crippen LogP contribution >= 0.6 is 0 Å². The molecule has 1 atom stereocenters. The van der Waals surface area contributed by atoms with Crippen molar-refractivity contribution in [1.82, 2.24) is 25.1 Å². The highest BCUT2D eigenvalue weighted by Gasteiger charge is 2.33. The predicted molar refractivity (Wildman–Crippen MR) is 91.4 cm³/mol. The molecule has 0 spiro atoms. The summed E-state index contributed by atoms with van der Waals surface area (Å²) in [6.07, 6.45) is 1.28. The van der Waals surface area contributed by atoms with Gasteiger partial charge < -0.3 is 10.5 Å². The summed E-state index contributed by atoms with van der Waals surface area (Å²) in [5.74, 6) is -0.172. The third kappa shape index (κ3) is 3.88. The molecule has 1 aliphatic heterocycles. The zero-order valence-corrected chi connectivity index (χ0v) is 14.7. The number of methoxy groups -OCH3 is 1. The van der Waals surface area contributed by atoms with E-state index in [1.54, 1.807) is 30.0 Å². The van der Waals surface area contributed by atoms with Crippen molar-refractivity contribution in [3.8, 4) is 0 Å². The molecule has 140 valence electrons. The number of halogens is 1. The van der Waals surface area contributed by atoms with Gasteiger partial charge in [-0.2, -0.15) is 0 Å². The Bertz CT molecular complexity index is 744. The summed E-state index contributed by atoms with van der Waals surface area (Å²) >= 11 is 0. The number of rotatable bonds is 7. The fourth-order valence-corrected chi connectivity index (χ4v) is 3.38.